The quantitative estimate of drug-likeness (QED) is 0.866. The van der Waals surface area contributed by atoms with Gasteiger partial charge in [0.2, 0.25) is 0 Å². The van der Waals surface area contributed by atoms with Crippen molar-refractivity contribution in [2.75, 3.05) is 0 Å². The van der Waals surface area contributed by atoms with Crippen LogP contribution < -0.4 is 0 Å². The normalized spacial score (nSPS) is 16.2. The Hall–Kier alpha value is -1.84. The van der Waals surface area contributed by atoms with Crippen LogP contribution in [0.15, 0.2) is 12.1 Å². The minimum Gasteiger partial charge on any atom is -0.478 e. The smallest absolute Gasteiger partial charge is 0.336 e. The molecule has 0 radical (unpaired) electrons. The molecular weight excluding hydrogens is 256 g/mol. The van der Waals surface area contributed by atoms with Gasteiger partial charge >= 0.3 is 11.9 Å². The van der Waals surface area contributed by atoms with Crippen molar-refractivity contribution in [3.63, 3.8) is 0 Å². The Morgan fingerprint density at radius 1 is 0.800 bits per heavy atom. The van der Waals surface area contributed by atoms with E-state index in [1.807, 2.05) is 0 Å². The van der Waals surface area contributed by atoms with Crippen LogP contribution in [-0.2, 0) is 12.8 Å². The second-order valence-corrected chi connectivity index (χ2v) is 5.36. The monoisotopic (exact) mass is 276 g/mol. The van der Waals surface area contributed by atoms with E-state index in [4.69, 9.17) is 10.2 Å². The molecule has 1 fully saturated rings. The van der Waals surface area contributed by atoms with Crippen LogP contribution in [0, 0.1) is 0 Å². The predicted molar refractivity (Wildman–Crippen MR) is 75.5 cm³/mol. The molecule has 4 heteroatoms. The van der Waals surface area contributed by atoms with Crippen molar-refractivity contribution >= 4 is 11.9 Å². The first kappa shape index (κ1) is 14.6. The van der Waals surface area contributed by atoms with Gasteiger partial charge in [0.25, 0.3) is 0 Å². The molecule has 1 saturated carbocycles. The van der Waals surface area contributed by atoms with Gasteiger partial charge in [-0.1, -0.05) is 44.6 Å². The maximum atomic E-state index is 10.9. The first-order chi connectivity index (χ1) is 9.61. The van der Waals surface area contributed by atoms with Gasteiger partial charge in [0.05, 0.1) is 11.1 Å². The van der Waals surface area contributed by atoms with Gasteiger partial charge in [0.1, 0.15) is 0 Å². The van der Waals surface area contributed by atoms with Crippen LogP contribution in [0.25, 0.3) is 0 Å². The van der Waals surface area contributed by atoms with Crippen molar-refractivity contribution in [1.29, 1.82) is 0 Å². The standard InChI is InChI=1S/C10H8O4.C6H12/c11-9(12)7-4-2-5-1-3-6(7)8(5)10(13)14;1-2-4-6-5-3-1/h2,4H,1,3H2,(H,11,12)(H,13,14);1-6H2. The summed E-state index contributed by atoms with van der Waals surface area (Å²) < 4.78 is 0. The zero-order valence-electron chi connectivity index (χ0n) is 11.5. The van der Waals surface area contributed by atoms with Crippen LogP contribution in [0.2, 0.25) is 0 Å². The van der Waals surface area contributed by atoms with Crippen molar-refractivity contribution in [1.82, 2.24) is 0 Å². The van der Waals surface area contributed by atoms with E-state index < -0.39 is 11.9 Å². The molecule has 0 unspecified atom stereocenters. The highest BCUT2D eigenvalue weighted by Gasteiger charge is 2.26. The van der Waals surface area contributed by atoms with Crippen LogP contribution in [-0.4, -0.2) is 22.2 Å². The summed E-state index contributed by atoms with van der Waals surface area (Å²) >= 11 is 0. The third-order valence-electron chi connectivity index (χ3n) is 3.99. The molecule has 3 rings (SSSR count). The predicted octanol–water partition coefficient (Wildman–Crippen LogP) is 3.52. The van der Waals surface area contributed by atoms with Crippen molar-refractivity contribution in [2.24, 2.45) is 0 Å². The molecule has 0 atom stereocenters. The number of aryl methyl sites for hydroxylation is 1. The second kappa shape index (κ2) is 6.55. The Morgan fingerprint density at radius 2 is 1.35 bits per heavy atom. The number of rotatable bonds is 2. The number of carboxylic acids is 2. The molecule has 108 valence electrons. The number of carboxylic acid groups (broad SMARTS) is 2. The highest BCUT2D eigenvalue weighted by Crippen LogP contribution is 2.28. The molecule has 0 spiro atoms. The summed E-state index contributed by atoms with van der Waals surface area (Å²) in [5.74, 6) is -2.09. The summed E-state index contributed by atoms with van der Waals surface area (Å²) in [7, 11) is 0. The first-order valence-electron chi connectivity index (χ1n) is 7.22. The number of benzene rings is 1. The SMILES string of the molecule is C1CCCCC1.O=C(O)c1ccc2c(C(=O)O)c1CC2. The van der Waals surface area contributed by atoms with E-state index in [2.05, 4.69) is 0 Å². The molecule has 1 aromatic rings. The molecule has 4 nitrogen and oxygen atoms in total. The van der Waals surface area contributed by atoms with Gasteiger partial charge in [0, 0.05) is 0 Å². The molecule has 0 amide bonds. The number of hydrogen-bond donors (Lipinski definition) is 2. The summed E-state index contributed by atoms with van der Waals surface area (Å²) in [6, 6.07) is 3.07. The third-order valence-corrected chi connectivity index (χ3v) is 3.99. The van der Waals surface area contributed by atoms with E-state index in [0.29, 0.717) is 18.4 Å². The zero-order chi connectivity index (χ0) is 14.5. The fourth-order valence-corrected chi connectivity index (χ4v) is 2.95. The third kappa shape index (κ3) is 3.18. The number of carbonyl (C=O) groups is 2. The minimum absolute atomic E-state index is 0.114. The zero-order valence-corrected chi connectivity index (χ0v) is 11.5. The van der Waals surface area contributed by atoms with Crippen molar-refractivity contribution in [2.45, 2.75) is 51.4 Å². The topological polar surface area (TPSA) is 74.6 Å². The number of hydrogen-bond acceptors (Lipinski definition) is 2. The molecule has 0 aromatic heterocycles. The lowest BCUT2D eigenvalue weighted by Gasteiger charge is -2.05. The van der Waals surface area contributed by atoms with Crippen molar-refractivity contribution in [3.05, 3.63) is 34.4 Å². The molecule has 20 heavy (non-hydrogen) atoms. The van der Waals surface area contributed by atoms with Crippen LogP contribution >= 0.6 is 0 Å². The molecule has 0 saturated heterocycles. The van der Waals surface area contributed by atoms with E-state index >= 15 is 0 Å². The summed E-state index contributed by atoms with van der Waals surface area (Å²) in [6.45, 7) is 0. The molecular formula is C16H20O4. The minimum atomic E-state index is -1.06. The maximum absolute atomic E-state index is 10.9. The number of aromatic carboxylic acids is 2. The van der Waals surface area contributed by atoms with Gasteiger partial charge < -0.3 is 10.2 Å². The Kier molecular flexibility index (Phi) is 4.77. The maximum Gasteiger partial charge on any atom is 0.336 e. The Balaban J connectivity index is 0.000000205. The van der Waals surface area contributed by atoms with Gasteiger partial charge in [-0.25, -0.2) is 9.59 Å². The summed E-state index contributed by atoms with van der Waals surface area (Å²) in [4.78, 5) is 21.7. The van der Waals surface area contributed by atoms with E-state index in [-0.39, 0.29) is 11.1 Å². The molecule has 2 aliphatic carbocycles. The van der Waals surface area contributed by atoms with E-state index in [1.165, 1.54) is 44.6 Å². The van der Waals surface area contributed by atoms with Gasteiger partial charge in [-0.2, -0.15) is 0 Å². The summed E-state index contributed by atoms with van der Waals surface area (Å²) in [5, 5.41) is 17.7. The van der Waals surface area contributed by atoms with Crippen molar-refractivity contribution in [3.8, 4) is 0 Å². The lowest BCUT2D eigenvalue weighted by atomic mass is 10.0. The van der Waals surface area contributed by atoms with E-state index in [1.54, 1.807) is 6.07 Å². The Labute approximate surface area is 118 Å². The van der Waals surface area contributed by atoms with Gasteiger partial charge in [-0.3, -0.25) is 0 Å². The summed E-state index contributed by atoms with van der Waals surface area (Å²) in [6.07, 6.45) is 10.1. The highest BCUT2D eigenvalue weighted by molar-refractivity contribution is 5.98. The molecule has 1 aromatic carbocycles. The molecule has 2 N–H and O–H groups in total. The van der Waals surface area contributed by atoms with Gasteiger partial charge in [-0.05, 0) is 30.0 Å². The van der Waals surface area contributed by atoms with Gasteiger partial charge in [-0.15, -0.1) is 0 Å². The molecule has 2 aliphatic rings. The van der Waals surface area contributed by atoms with Crippen LogP contribution in [0.5, 0.6) is 0 Å². The van der Waals surface area contributed by atoms with Crippen LogP contribution in [0.1, 0.15) is 70.4 Å². The largest absolute Gasteiger partial charge is 0.478 e. The average molecular weight is 276 g/mol. The van der Waals surface area contributed by atoms with Crippen molar-refractivity contribution < 1.29 is 19.8 Å². The summed E-state index contributed by atoms with van der Waals surface area (Å²) in [5.41, 5.74) is 1.49. The second-order valence-electron chi connectivity index (χ2n) is 5.36. The average Bonchev–Trinajstić information content (AvgIpc) is 2.75. The number of fused-ring (bicyclic) bond motifs is 2. The van der Waals surface area contributed by atoms with E-state index in [9.17, 15) is 9.59 Å². The Bertz CT molecular complexity index is 504. The fourth-order valence-electron chi connectivity index (χ4n) is 2.95. The highest BCUT2D eigenvalue weighted by atomic mass is 16.4. The van der Waals surface area contributed by atoms with Crippen LogP contribution in [0.3, 0.4) is 0 Å². The molecule has 0 heterocycles. The lowest BCUT2D eigenvalue weighted by molar-refractivity contribution is 0.0695. The lowest BCUT2D eigenvalue weighted by Crippen LogP contribution is -2.06. The van der Waals surface area contributed by atoms with Crippen LogP contribution in [0.4, 0.5) is 0 Å². The van der Waals surface area contributed by atoms with E-state index in [0.717, 1.165) is 5.56 Å². The Morgan fingerprint density at radius 3 is 1.80 bits per heavy atom. The fraction of sp³-hybridized carbons (Fsp3) is 0.500. The molecule has 0 aliphatic heterocycles. The molecule has 2 bridgehead atoms. The van der Waals surface area contributed by atoms with Gasteiger partial charge in [0.15, 0.2) is 0 Å². The first-order valence-corrected chi connectivity index (χ1v) is 7.22.